The molecule has 1 fully saturated rings. The Hall–Kier alpha value is -1.21. The summed E-state index contributed by atoms with van der Waals surface area (Å²) in [5.74, 6) is 0.281. The number of alkyl halides is 3. The molecule has 1 unspecified atom stereocenters. The normalized spacial score (nSPS) is 19.0. The summed E-state index contributed by atoms with van der Waals surface area (Å²) in [4.78, 5) is 9.98. The molecular formula is C13H19F3N4. The summed E-state index contributed by atoms with van der Waals surface area (Å²) in [6.45, 7) is 5.33. The van der Waals surface area contributed by atoms with Crippen molar-refractivity contribution < 1.29 is 13.2 Å². The molecule has 1 aromatic rings. The maximum Gasteiger partial charge on any atom is 0.433 e. The predicted octanol–water partition coefficient (Wildman–Crippen LogP) is 2.24. The summed E-state index contributed by atoms with van der Waals surface area (Å²) in [6, 6.07) is 0.786. The van der Waals surface area contributed by atoms with Crippen LogP contribution in [0.25, 0.3) is 0 Å². The molecule has 4 nitrogen and oxygen atoms in total. The Morgan fingerprint density at radius 1 is 1.35 bits per heavy atom. The van der Waals surface area contributed by atoms with Gasteiger partial charge in [0.2, 0.25) is 0 Å². The Morgan fingerprint density at radius 2 is 2.05 bits per heavy atom. The number of hydrogen-bond acceptors (Lipinski definition) is 4. The number of nitrogens with one attached hydrogen (secondary N) is 1. The summed E-state index contributed by atoms with van der Waals surface area (Å²) >= 11 is 0. The van der Waals surface area contributed by atoms with Crippen LogP contribution in [0.15, 0.2) is 12.3 Å². The maximum absolute atomic E-state index is 12.7. The Kier molecular flexibility index (Phi) is 4.93. The minimum absolute atomic E-state index is 0.135. The van der Waals surface area contributed by atoms with E-state index in [1.165, 1.54) is 6.20 Å². The number of hydrogen-bond donors (Lipinski definition) is 1. The number of rotatable bonds is 4. The van der Waals surface area contributed by atoms with Crippen LogP contribution in [0.1, 0.15) is 37.3 Å². The highest BCUT2D eigenvalue weighted by Gasteiger charge is 2.34. The van der Waals surface area contributed by atoms with Crippen LogP contribution in [-0.4, -0.2) is 41.0 Å². The first-order valence-electron chi connectivity index (χ1n) is 6.87. The molecule has 0 radical (unpaired) electrons. The minimum atomic E-state index is -4.42. The van der Waals surface area contributed by atoms with E-state index in [0.717, 1.165) is 45.1 Å². The number of nitrogens with zero attached hydrogens (tertiary/aromatic N) is 3. The zero-order chi connectivity index (χ0) is 14.6. The largest absolute Gasteiger partial charge is 0.433 e. The molecule has 2 heterocycles. The van der Waals surface area contributed by atoms with Crippen molar-refractivity contribution in [1.82, 2.24) is 20.2 Å². The summed E-state index contributed by atoms with van der Waals surface area (Å²) in [5, 5.41) is 3.24. The highest BCUT2D eigenvalue weighted by atomic mass is 19.4. The smallest absolute Gasteiger partial charge is 0.314 e. The van der Waals surface area contributed by atoms with Gasteiger partial charge in [0.15, 0.2) is 0 Å². The molecule has 1 aliphatic rings. The van der Waals surface area contributed by atoms with Gasteiger partial charge >= 0.3 is 6.18 Å². The van der Waals surface area contributed by atoms with Gasteiger partial charge in [0, 0.05) is 32.4 Å². The van der Waals surface area contributed by atoms with Crippen molar-refractivity contribution in [2.75, 3.05) is 26.2 Å². The van der Waals surface area contributed by atoms with Gasteiger partial charge < -0.3 is 5.32 Å². The maximum atomic E-state index is 12.7. The molecule has 0 aliphatic carbocycles. The van der Waals surface area contributed by atoms with Crippen molar-refractivity contribution in [2.45, 2.75) is 32.0 Å². The van der Waals surface area contributed by atoms with Crippen LogP contribution in [-0.2, 0) is 6.18 Å². The molecule has 1 atom stereocenters. The lowest BCUT2D eigenvalue weighted by molar-refractivity contribution is -0.141. The number of aromatic nitrogens is 2. The molecule has 7 heteroatoms. The van der Waals surface area contributed by atoms with E-state index in [1.54, 1.807) is 0 Å². The van der Waals surface area contributed by atoms with Crippen LogP contribution in [0, 0.1) is 0 Å². The Bertz CT molecular complexity index is 430. The summed E-state index contributed by atoms with van der Waals surface area (Å²) < 4.78 is 38.2. The van der Waals surface area contributed by atoms with Crippen LogP contribution < -0.4 is 5.32 Å². The summed E-state index contributed by atoms with van der Waals surface area (Å²) in [6.07, 6.45) is -1.57. The fraction of sp³-hybridized carbons (Fsp3) is 0.692. The highest BCUT2D eigenvalue weighted by Crippen LogP contribution is 2.29. The lowest BCUT2D eigenvalue weighted by atomic mass is 10.1. The van der Waals surface area contributed by atoms with Gasteiger partial charge in [-0.15, -0.1) is 0 Å². The molecule has 0 saturated carbocycles. The van der Waals surface area contributed by atoms with Crippen molar-refractivity contribution >= 4 is 0 Å². The lowest BCUT2D eigenvalue weighted by Gasteiger charge is -2.34. The van der Waals surface area contributed by atoms with E-state index < -0.39 is 11.9 Å². The molecule has 1 N–H and O–H groups in total. The lowest BCUT2D eigenvalue weighted by Crippen LogP contribution is -2.45. The SMILES string of the molecule is CCCC(c1nccc(C(F)(F)F)n1)N1CCNCC1. The van der Waals surface area contributed by atoms with Crippen LogP contribution in [0.5, 0.6) is 0 Å². The first kappa shape index (κ1) is 15.2. The molecule has 1 saturated heterocycles. The van der Waals surface area contributed by atoms with E-state index in [2.05, 4.69) is 20.2 Å². The van der Waals surface area contributed by atoms with E-state index in [1.807, 2.05) is 6.92 Å². The first-order chi connectivity index (χ1) is 9.52. The Labute approximate surface area is 116 Å². The molecule has 0 bridgehead atoms. The molecule has 112 valence electrons. The highest BCUT2D eigenvalue weighted by molar-refractivity contribution is 5.09. The van der Waals surface area contributed by atoms with Gasteiger partial charge in [0.25, 0.3) is 0 Å². The third-order valence-corrected chi connectivity index (χ3v) is 3.42. The van der Waals surface area contributed by atoms with Gasteiger partial charge in [0.05, 0.1) is 6.04 Å². The second kappa shape index (κ2) is 6.49. The van der Waals surface area contributed by atoms with Gasteiger partial charge in [-0.25, -0.2) is 9.97 Å². The van der Waals surface area contributed by atoms with Crippen LogP contribution in [0.4, 0.5) is 13.2 Å². The molecule has 1 aromatic heterocycles. The molecule has 2 rings (SSSR count). The van der Waals surface area contributed by atoms with Crippen LogP contribution in [0.2, 0.25) is 0 Å². The molecule has 0 amide bonds. The average molecular weight is 288 g/mol. The van der Waals surface area contributed by atoms with E-state index >= 15 is 0 Å². The van der Waals surface area contributed by atoms with Crippen molar-refractivity contribution in [3.63, 3.8) is 0 Å². The van der Waals surface area contributed by atoms with Crippen molar-refractivity contribution in [3.05, 3.63) is 23.8 Å². The quantitative estimate of drug-likeness (QED) is 0.922. The van der Waals surface area contributed by atoms with E-state index in [9.17, 15) is 13.2 Å². The van der Waals surface area contributed by atoms with Gasteiger partial charge in [-0.05, 0) is 12.5 Å². The van der Waals surface area contributed by atoms with E-state index in [-0.39, 0.29) is 11.9 Å². The predicted molar refractivity (Wildman–Crippen MR) is 69.1 cm³/mol. The van der Waals surface area contributed by atoms with Crippen LogP contribution >= 0.6 is 0 Å². The molecule has 20 heavy (non-hydrogen) atoms. The first-order valence-corrected chi connectivity index (χ1v) is 6.87. The zero-order valence-corrected chi connectivity index (χ0v) is 11.5. The van der Waals surface area contributed by atoms with Gasteiger partial charge in [0.1, 0.15) is 11.5 Å². The van der Waals surface area contributed by atoms with Crippen molar-refractivity contribution in [1.29, 1.82) is 0 Å². The summed E-state index contributed by atoms with van der Waals surface area (Å²) in [5.41, 5.74) is -0.862. The second-order valence-electron chi connectivity index (χ2n) is 4.89. The van der Waals surface area contributed by atoms with Crippen molar-refractivity contribution in [3.8, 4) is 0 Å². The molecular weight excluding hydrogens is 269 g/mol. The number of halogens is 3. The molecule has 0 aromatic carbocycles. The third kappa shape index (κ3) is 3.67. The standard InChI is InChI=1S/C13H19F3N4/c1-2-3-10(20-8-6-17-7-9-20)12-18-5-4-11(19-12)13(14,15)16/h4-5,10,17H,2-3,6-9H2,1H3. The average Bonchev–Trinajstić information content (AvgIpc) is 2.45. The topological polar surface area (TPSA) is 41.1 Å². The fourth-order valence-electron chi connectivity index (χ4n) is 2.43. The van der Waals surface area contributed by atoms with Gasteiger partial charge in [-0.2, -0.15) is 13.2 Å². The fourth-order valence-corrected chi connectivity index (χ4v) is 2.43. The van der Waals surface area contributed by atoms with Crippen molar-refractivity contribution in [2.24, 2.45) is 0 Å². The van der Waals surface area contributed by atoms with Gasteiger partial charge in [-0.1, -0.05) is 13.3 Å². The number of piperazine rings is 1. The zero-order valence-electron chi connectivity index (χ0n) is 11.5. The Morgan fingerprint density at radius 3 is 2.65 bits per heavy atom. The summed E-state index contributed by atoms with van der Waals surface area (Å²) in [7, 11) is 0. The Balaban J connectivity index is 2.24. The molecule has 0 spiro atoms. The minimum Gasteiger partial charge on any atom is -0.314 e. The third-order valence-electron chi connectivity index (χ3n) is 3.42. The second-order valence-corrected chi connectivity index (χ2v) is 4.89. The van der Waals surface area contributed by atoms with Gasteiger partial charge in [-0.3, -0.25) is 4.90 Å². The van der Waals surface area contributed by atoms with Crippen LogP contribution in [0.3, 0.4) is 0 Å². The molecule has 1 aliphatic heterocycles. The van der Waals surface area contributed by atoms with E-state index in [0.29, 0.717) is 0 Å². The monoisotopic (exact) mass is 288 g/mol. The van der Waals surface area contributed by atoms with E-state index in [4.69, 9.17) is 0 Å².